The maximum absolute atomic E-state index is 13.1. The van der Waals surface area contributed by atoms with Crippen molar-refractivity contribution in [2.24, 2.45) is 27.9 Å². The molecule has 4 unspecified atom stereocenters. The van der Waals surface area contributed by atoms with E-state index in [1.54, 1.807) is 30.3 Å². The summed E-state index contributed by atoms with van der Waals surface area (Å²) in [6.45, 7) is 0.684. The minimum absolute atomic E-state index is 0.0463. The third kappa shape index (κ3) is 12.7. The van der Waals surface area contributed by atoms with E-state index in [1.165, 1.54) is 0 Å². The number of aliphatic imine (C=N–C) groups is 1. The molecule has 0 saturated heterocycles. The molecule has 0 aliphatic rings. The van der Waals surface area contributed by atoms with Gasteiger partial charge in [0.1, 0.15) is 18.1 Å². The predicted molar refractivity (Wildman–Crippen MR) is 148 cm³/mol. The lowest BCUT2D eigenvalue weighted by Gasteiger charge is -2.24. The molecule has 0 heterocycles. The van der Waals surface area contributed by atoms with Gasteiger partial charge in [-0.1, -0.05) is 36.8 Å². The minimum Gasteiger partial charge on any atom is -0.480 e. The van der Waals surface area contributed by atoms with Crippen molar-refractivity contribution in [1.82, 2.24) is 16.0 Å². The van der Waals surface area contributed by atoms with Crippen molar-refractivity contribution in [1.29, 1.82) is 0 Å². The molecule has 38 heavy (non-hydrogen) atoms. The van der Waals surface area contributed by atoms with Gasteiger partial charge in [0.2, 0.25) is 17.7 Å². The summed E-state index contributed by atoms with van der Waals surface area (Å²) < 4.78 is 0. The molecule has 1 rings (SSSR count). The molecule has 1 aromatic carbocycles. The van der Waals surface area contributed by atoms with E-state index in [9.17, 15) is 24.3 Å². The van der Waals surface area contributed by atoms with Crippen LogP contribution in [0.25, 0.3) is 0 Å². The van der Waals surface area contributed by atoms with Crippen molar-refractivity contribution in [3.05, 3.63) is 35.9 Å². The Labute approximate surface area is 228 Å². The SMILES string of the molecule is NCCCCC(N)C(=O)NC(CS)C(=O)NC(Cc1ccccc1)C(=O)NC(CCCN=C(N)N)C(=O)O. The monoisotopic (exact) mass is 552 g/mol. The van der Waals surface area contributed by atoms with Crippen molar-refractivity contribution in [3.8, 4) is 0 Å². The Morgan fingerprint density at radius 3 is 2.05 bits per heavy atom. The number of carboxylic acid groups (broad SMARTS) is 1. The number of aliphatic carboxylic acids is 1. The fraction of sp³-hybridized carbons (Fsp3) is 0.542. The fourth-order valence-corrected chi connectivity index (χ4v) is 3.73. The summed E-state index contributed by atoms with van der Waals surface area (Å²) in [7, 11) is 0. The first kappa shape index (κ1) is 32.7. The van der Waals surface area contributed by atoms with E-state index in [0.29, 0.717) is 25.8 Å². The Morgan fingerprint density at radius 1 is 0.868 bits per heavy atom. The largest absolute Gasteiger partial charge is 0.480 e. The second kappa shape index (κ2) is 18.0. The summed E-state index contributed by atoms with van der Waals surface area (Å²) >= 11 is 4.16. The molecule has 0 aromatic heterocycles. The Morgan fingerprint density at radius 2 is 1.47 bits per heavy atom. The lowest BCUT2D eigenvalue weighted by Crippen LogP contribution is -2.58. The number of carbonyl (C=O) groups is 4. The van der Waals surface area contributed by atoms with Crippen LogP contribution in [0.2, 0.25) is 0 Å². The maximum atomic E-state index is 13.1. The van der Waals surface area contributed by atoms with Crippen LogP contribution in [-0.4, -0.2) is 77.8 Å². The smallest absolute Gasteiger partial charge is 0.326 e. The number of thiol groups is 1. The second-order valence-corrected chi connectivity index (χ2v) is 9.10. The average Bonchev–Trinajstić information content (AvgIpc) is 2.88. The molecule has 0 aliphatic heterocycles. The summed E-state index contributed by atoms with van der Waals surface area (Å²) in [4.78, 5) is 54.2. The van der Waals surface area contributed by atoms with E-state index in [-0.39, 0.29) is 31.1 Å². The molecule has 1 aromatic rings. The summed E-state index contributed by atoms with van der Waals surface area (Å²) in [5, 5.41) is 17.2. The van der Waals surface area contributed by atoms with E-state index < -0.39 is 47.9 Å². The minimum atomic E-state index is -1.24. The molecular formula is C24H40N8O5S. The highest BCUT2D eigenvalue weighted by atomic mass is 32.1. The Bertz CT molecular complexity index is 930. The standard InChI is InChI=1S/C24H40N8O5S/c25-11-5-4-9-16(26)20(33)32-19(14-38)22(35)31-18(13-15-7-2-1-3-8-15)21(34)30-17(23(36)37)10-6-12-29-24(27)28/h1-3,7-8,16-19,38H,4-6,9-14,25-26H2,(H,30,34)(H,31,35)(H,32,33)(H,36,37)(H4,27,28,29). The van der Waals surface area contributed by atoms with Gasteiger partial charge in [-0.3, -0.25) is 19.4 Å². The molecule has 3 amide bonds. The van der Waals surface area contributed by atoms with Gasteiger partial charge in [-0.2, -0.15) is 12.6 Å². The maximum Gasteiger partial charge on any atom is 0.326 e. The Hall–Kier alpha value is -3.36. The molecule has 0 spiro atoms. The molecule has 13 nitrogen and oxygen atoms in total. The molecule has 0 saturated carbocycles. The number of rotatable bonds is 18. The van der Waals surface area contributed by atoms with Gasteiger partial charge in [-0.05, 0) is 37.8 Å². The highest BCUT2D eigenvalue weighted by Crippen LogP contribution is 2.07. The van der Waals surface area contributed by atoms with Gasteiger partial charge in [0.15, 0.2) is 5.96 Å². The van der Waals surface area contributed by atoms with E-state index in [4.69, 9.17) is 22.9 Å². The number of hydrogen-bond donors (Lipinski definition) is 9. The van der Waals surface area contributed by atoms with Crippen molar-refractivity contribution in [3.63, 3.8) is 0 Å². The third-order valence-electron chi connectivity index (χ3n) is 5.60. The van der Waals surface area contributed by atoms with Gasteiger partial charge >= 0.3 is 5.97 Å². The van der Waals surface area contributed by atoms with E-state index in [2.05, 4.69) is 33.6 Å². The molecule has 4 atom stereocenters. The highest BCUT2D eigenvalue weighted by Gasteiger charge is 2.30. The van der Waals surface area contributed by atoms with Crippen LogP contribution in [0.3, 0.4) is 0 Å². The predicted octanol–water partition coefficient (Wildman–Crippen LogP) is -1.79. The number of nitrogens with one attached hydrogen (secondary N) is 3. The summed E-state index contributed by atoms with van der Waals surface area (Å²) in [6.07, 6.45) is 2.26. The molecule has 0 bridgehead atoms. The molecular weight excluding hydrogens is 512 g/mol. The van der Waals surface area contributed by atoms with Gasteiger partial charge in [0, 0.05) is 18.7 Å². The summed E-state index contributed by atoms with van der Waals surface area (Å²) in [5.41, 5.74) is 22.7. The quantitative estimate of drug-likeness (QED) is 0.0431. The van der Waals surface area contributed by atoms with Crippen LogP contribution in [0.4, 0.5) is 0 Å². The van der Waals surface area contributed by atoms with Gasteiger partial charge < -0.3 is 44.0 Å². The second-order valence-electron chi connectivity index (χ2n) is 8.73. The van der Waals surface area contributed by atoms with Gasteiger partial charge in [-0.25, -0.2) is 4.79 Å². The number of nitrogens with two attached hydrogens (primary N) is 4. The van der Waals surface area contributed by atoms with Crippen LogP contribution >= 0.6 is 12.6 Å². The zero-order valence-corrected chi connectivity index (χ0v) is 22.2. The highest BCUT2D eigenvalue weighted by molar-refractivity contribution is 7.80. The van der Waals surface area contributed by atoms with Crippen LogP contribution in [0.1, 0.15) is 37.7 Å². The summed E-state index contributed by atoms with van der Waals surface area (Å²) in [6, 6.07) is 4.67. The fourth-order valence-electron chi connectivity index (χ4n) is 3.48. The van der Waals surface area contributed by atoms with Crippen molar-refractivity contribution in [2.45, 2.75) is 62.7 Å². The normalized spacial score (nSPS) is 13.9. The van der Waals surface area contributed by atoms with Gasteiger partial charge in [-0.15, -0.1) is 0 Å². The number of unbranched alkanes of at least 4 members (excludes halogenated alkanes) is 1. The number of guanidine groups is 1. The molecule has 0 aliphatic carbocycles. The van der Waals surface area contributed by atoms with Crippen LogP contribution in [0, 0.1) is 0 Å². The molecule has 212 valence electrons. The lowest BCUT2D eigenvalue weighted by molar-refractivity contribution is -0.142. The molecule has 0 radical (unpaired) electrons. The first-order valence-electron chi connectivity index (χ1n) is 12.4. The van der Waals surface area contributed by atoms with Crippen molar-refractivity contribution >= 4 is 42.3 Å². The number of carboxylic acids is 1. The zero-order chi connectivity index (χ0) is 28.5. The number of hydrogen-bond acceptors (Lipinski definition) is 8. The first-order valence-corrected chi connectivity index (χ1v) is 13.0. The van der Waals surface area contributed by atoms with Gasteiger partial charge in [0.05, 0.1) is 6.04 Å². The summed E-state index contributed by atoms with van der Waals surface area (Å²) in [5.74, 6) is -3.27. The van der Waals surface area contributed by atoms with E-state index in [0.717, 1.165) is 12.0 Å². The number of amides is 3. The van der Waals surface area contributed by atoms with Crippen LogP contribution in [0.15, 0.2) is 35.3 Å². The molecule has 12 N–H and O–H groups in total. The molecule has 0 fully saturated rings. The number of benzene rings is 1. The lowest BCUT2D eigenvalue weighted by atomic mass is 10.0. The van der Waals surface area contributed by atoms with Gasteiger partial charge in [0.25, 0.3) is 0 Å². The van der Waals surface area contributed by atoms with Crippen molar-refractivity contribution < 1.29 is 24.3 Å². The first-order chi connectivity index (χ1) is 18.1. The number of nitrogens with zero attached hydrogens (tertiary/aromatic N) is 1. The topological polar surface area (TPSA) is 241 Å². The zero-order valence-electron chi connectivity index (χ0n) is 21.3. The van der Waals surface area contributed by atoms with Crippen LogP contribution in [0.5, 0.6) is 0 Å². The average molecular weight is 553 g/mol. The van der Waals surface area contributed by atoms with Crippen LogP contribution in [-0.2, 0) is 25.6 Å². The molecule has 14 heteroatoms. The third-order valence-corrected chi connectivity index (χ3v) is 5.96. The van der Waals surface area contributed by atoms with E-state index in [1.807, 2.05) is 0 Å². The number of carbonyl (C=O) groups excluding carboxylic acids is 3. The van der Waals surface area contributed by atoms with Crippen LogP contribution < -0.4 is 38.9 Å². The van der Waals surface area contributed by atoms with Crippen molar-refractivity contribution in [2.75, 3.05) is 18.8 Å². The Kier molecular flexibility index (Phi) is 15.5. The Balaban J connectivity index is 2.94. The van der Waals surface area contributed by atoms with E-state index >= 15 is 0 Å².